The van der Waals surface area contributed by atoms with Crippen LogP contribution in [0.1, 0.15) is 23.2 Å². The average molecular weight is 330 g/mol. The molecular formula is C17H18N2O5. The summed E-state index contributed by atoms with van der Waals surface area (Å²) in [5.41, 5.74) is 5.60. The lowest BCUT2D eigenvalue weighted by molar-refractivity contribution is -0.138. The van der Waals surface area contributed by atoms with Crippen LogP contribution in [0.5, 0.6) is 5.75 Å². The Bertz CT molecular complexity index is 788. The highest BCUT2D eigenvalue weighted by atomic mass is 16.5. The van der Waals surface area contributed by atoms with Gasteiger partial charge in [0.25, 0.3) is 5.91 Å². The maximum Gasteiger partial charge on any atom is 0.320 e. The molecule has 0 saturated carbocycles. The molecule has 0 aliphatic carbocycles. The zero-order valence-electron chi connectivity index (χ0n) is 13.1. The molecule has 126 valence electrons. The van der Waals surface area contributed by atoms with Crippen LogP contribution in [0.3, 0.4) is 0 Å². The number of nitrogens with one attached hydrogen (secondary N) is 1. The minimum atomic E-state index is -1.19. The maximum atomic E-state index is 12.2. The molecule has 0 aliphatic heterocycles. The van der Waals surface area contributed by atoms with Gasteiger partial charge >= 0.3 is 5.97 Å². The maximum absolute atomic E-state index is 12.2. The number of hydrogen-bond acceptors (Lipinski definition) is 5. The highest BCUT2D eigenvalue weighted by Crippen LogP contribution is 2.27. The van der Waals surface area contributed by atoms with E-state index < -0.39 is 23.8 Å². The molecule has 0 radical (unpaired) electrons. The molecule has 0 aromatic heterocycles. The number of nitrogens with two attached hydrogens (primary N) is 1. The molecule has 1 atom stereocenters. The van der Waals surface area contributed by atoms with Gasteiger partial charge in [0, 0.05) is 17.4 Å². The summed E-state index contributed by atoms with van der Waals surface area (Å²) in [5.74, 6) is -1.82. The first-order valence-corrected chi connectivity index (χ1v) is 7.31. The molecule has 7 heteroatoms. The van der Waals surface area contributed by atoms with Crippen LogP contribution in [0.25, 0.3) is 10.8 Å². The summed E-state index contributed by atoms with van der Waals surface area (Å²) >= 11 is 0. The van der Waals surface area contributed by atoms with E-state index in [4.69, 9.17) is 15.6 Å². The molecular weight excluding hydrogens is 312 g/mol. The lowest BCUT2D eigenvalue weighted by Gasteiger charge is -2.10. The van der Waals surface area contributed by atoms with Crippen LogP contribution >= 0.6 is 0 Å². The average Bonchev–Trinajstić information content (AvgIpc) is 2.58. The number of ether oxygens (including phenoxy) is 1. The van der Waals surface area contributed by atoms with Gasteiger partial charge in [-0.25, -0.2) is 0 Å². The fraction of sp³-hybridized carbons (Fsp3) is 0.235. The number of carbonyl (C=O) groups excluding carboxylic acids is 2. The van der Waals surface area contributed by atoms with E-state index in [1.807, 2.05) is 24.3 Å². The van der Waals surface area contributed by atoms with E-state index in [2.05, 4.69) is 5.32 Å². The Balaban J connectivity index is 2.11. The summed E-state index contributed by atoms with van der Waals surface area (Å²) < 4.78 is 5.28. The van der Waals surface area contributed by atoms with E-state index >= 15 is 0 Å². The molecule has 24 heavy (non-hydrogen) atoms. The molecule has 0 aliphatic rings. The van der Waals surface area contributed by atoms with Crippen molar-refractivity contribution >= 4 is 28.6 Å². The van der Waals surface area contributed by atoms with Crippen LogP contribution in [0.2, 0.25) is 0 Å². The second-order valence-corrected chi connectivity index (χ2v) is 5.26. The minimum absolute atomic E-state index is 0.0461. The third-order valence-corrected chi connectivity index (χ3v) is 3.56. The number of carboxylic acids is 1. The lowest BCUT2D eigenvalue weighted by atomic mass is 10.1. The van der Waals surface area contributed by atoms with Gasteiger partial charge in [0.05, 0.1) is 7.11 Å². The monoisotopic (exact) mass is 330 g/mol. The van der Waals surface area contributed by atoms with E-state index in [1.54, 1.807) is 12.1 Å². The van der Waals surface area contributed by atoms with Gasteiger partial charge in [-0.2, -0.15) is 0 Å². The van der Waals surface area contributed by atoms with Crippen molar-refractivity contribution < 1.29 is 24.2 Å². The van der Waals surface area contributed by atoms with Crippen LogP contribution < -0.4 is 15.8 Å². The van der Waals surface area contributed by atoms with Gasteiger partial charge in [-0.05, 0) is 23.9 Å². The Labute approximate surface area is 138 Å². The molecule has 0 saturated heterocycles. The number of carboxylic acid groups (broad SMARTS) is 1. The molecule has 7 nitrogen and oxygen atoms in total. The second kappa shape index (κ2) is 7.56. The zero-order valence-corrected chi connectivity index (χ0v) is 13.1. The largest absolute Gasteiger partial charge is 0.496 e. The molecule has 2 rings (SSSR count). The van der Waals surface area contributed by atoms with Crippen molar-refractivity contribution in [2.75, 3.05) is 7.11 Å². The highest BCUT2D eigenvalue weighted by molar-refractivity contribution is 6.07. The molecule has 0 fully saturated rings. The molecule has 2 aromatic rings. The van der Waals surface area contributed by atoms with Gasteiger partial charge in [-0.15, -0.1) is 0 Å². The normalized spacial score (nSPS) is 11.8. The Morgan fingerprint density at radius 1 is 1.25 bits per heavy atom. The number of hydrogen-bond donors (Lipinski definition) is 3. The third-order valence-electron chi connectivity index (χ3n) is 3.56. The molecule has 2 aromatic carbocycles. The van der Waals surface area contributed by atoms with E-state index in [1.165, 1.54) is 7.11 Å². The molecule has 0 spiro atoms. The van der Waals surface area contributed by atoms with E-state index in [-0.39, 0.29) is 18.4 Å². The SMILES string of the molecule is COc1cc(C(=O)NC(=O)CC[C@H](N)C(=O)O)cc2ccccc12. The Hall–Kier alpha value is -2.93. The van der Waals surface area contributed by atoms with Crippen molar-refractivity contribution in [1.82, 2.24) is 5.32 Å². The summed E-state index contributed by atoms with van der Waals surface area (Å²) in [4.78, 5) is 34.6. The molecule has 2 amide bonds. The molecule has 0 bridgehead atoms. The smallest absolute Gasteiger partial charge is 0.320 e. The van der Waals surface area contributed by atoms with Crippen LogP contribution in [-0.4, -0.2) is 36.0 Å². The van der Waals surface area contributed by atoms with E-state index in [9.17, 15) is 14.4 Å². The molecule has 0 unspecified atom stereocenters. The van der Waals surface area contributed by atoms with Gasteiger partial charge in [-0.3, -0.25) is 19.7 Å². The fourth-order valence-electron chi connectivity index (χ4n) is 2.25. The number of methoxy groups -OCH3 is 1. The zero-order chi connectivity index (χ0) is 17.7. The minimum Gasteiger partial charge on any atom is -0.496 e. The number of fused-ring (bicyclic) bond motifs is 1. The number of carbonyl (C=O) groups is 3. The van der Waals surface area contributed by atoms with Crippen LogP contribution in [0.4, 0.5) is 0 Å². The second-order valence-electron chi connectivity index (χ2n) is 5.26. The van der Waals surface area contributed by atoms with Gasteiger partial charge in [0.2, 0.25) is 5.91 Å². The summed E-state index contributed by atoms with van der Waals surface area (Å²) in [5, 5.41) is 12.6. The summed E-state index contributed by atoms with van der Waals surface area (Å²) in [6.07, 6.45) is -0.195. The van der Waals surface area contributed by atoms with Crippen molar-refractivity contribution in [3.05, 3.63) is 42.0 Å². The van der Waals surface area contributed by atoms with Gasteiger partial charge < -0.3 is 15.6 Å². The van der Waals surface area contributed by atoms with Crippen LogP contribution in [0.15, 0.2) is 36.4 Å². The summed E-state index contributed by atoms with van der Waals surface area (Å²) in [6, 6.07) is 9.47. The first-order chi connectivity index (χ1) is 11.4. The van der Waals surface area contributed by atoms with Gasteiger partial charge in [0.15, 0.2) is 0 Å². The van der Waals surface area contributed by atoms with Crippen molar-refractivity contribution in [2.24, 2.45) is 5.73 Å². The quantitative estimate of drug-likeness (QED) is 0.734. The molecule has 0 heterocycles. The first-order valence-electron chi connectivity index (χ1n) is 7.31. The molecule has 4 N–H and O–H groups in total. The number of imide groups is 1. The Kier molecular flexibility index (Phi) is 5.49. The van der Waals surface area contributed by atoms with Crippen LogP contribution in [-0.2, 0) is 9.59 Å². The van der Waals surface area contributed by atoms with Gasteiger partial charge in [0.1, 0.15) is 11.8 Å². The van der Waals surface area contributed by atoms with Crippen molar-refractivity contribution in [2.45, 2.75) is 18.9 Å². The van der Waals surface area contributed by atoms with Crippen molar-refractivity contribution in [3.63, 3.8) is 0 Å². The third kappa shape index (κ3) is 4.08. The Morgan fingerprint density at radius 3 is 2.62 bits per heavy atom. The van der Waals surface area contributed by atoms with E-state index in [0.29, 0.717) is 5.75 Å². The van der Waals surface area contributed by atoms with Crippen LogP contribution in [0, 0.1) is 0 Å². The lowest BCUT2D eigenvalue weighted by Crippen LogP contribution is -2.34. The summed E-state index contributed by atoms with van der Waals surface area (Å²) in [7, 11) is 1.50. The number of benzene rings is 2. The topological polar surface area (TPSA) is 119 Å². The fourth-order valence-corrected chi connectivity index (χ4v) is 2.25. The number of rotatable bonds is 6. The number of amides is 2. The predicted molar refractivity (Wildman–Crippen MR) is 87.8 cm³/mol. The van der Waals surface area contributed by atoms with E-state index in [0.717, 1.165) is 10.8 Å². The van der Waals surface area contributed by atoms with Crippen molar-refractivity contribution in [3.8, 4) is 5.75 Å². The predicted octanol–water partition coefficient (Wildman–Crippen LogP) is 1.30. The standard InChI is InChI=1S/C17H18N2O5/c1-24-14-9-11(8-10-4-2-3-5-12(10)14)16(21)19-15(20)7-6-13(18)17(22)23/h2-5,8-9,13H,6-7,18H2,1H3,(H,22,23)(H,19,20,21)/t13-/m0/s1. The summed E-state index contributed by atoms with van der Waals surface area (Å²) in [6.45, 7) is 0. The first kappa shape index (κ1) is 17.4. The van der Waals surface area contributed by atoms with Crippen molar-refractivity contribution in [1.29, 1.82) is 0 Å². The number of aliphatic carboxylic acids is 1. The van der Waals surface area contributed by atoms with Gasteiger partial charge in [-0.1, -0.05) is 24.3 Å². The highest BCUT2D eigenvalue weighted by Gasteiger charge is 2.16. The Morgan fingerprint density at radius 2 is 1.96 bits per heavy atom.